The van der Waals surface area contributed by atoms with Gasteiger partial charge in [-0.1, -0.05) is 6.92 Å². The molecule has 2 amide bonds. The molecule has 2 atom stereocenters. The number of carbonyl (C=O) groups excluding carboxylic acids is 1. The Kier molecular flexibility index (Phi) is 6.07. The maximum absolute atomic E-state index is 11.8. The van der Waals surface area contributed by atoms with E-state index in [1.54, 1.807) is 0 Å². The van der Waals surface area contributed by atoms with Crippen molar-refractivity contribution in [3.63, 3.8) is 0 Å². The van der Waals surface area contributed by atoms with Crippen LogP contribution in [0.2, 0.25) is 0 Å². The second kappa shape index (κ2) is 7.10. The highest BCUT2D eigenvalue weighted by Gasteiger charge is 2.23. The third-order valence-electron chi connectivity index (χ3n) is 3.27. The highest BCUT2D eigenvalue weighted by molar-refractivity contribution is 5.75. The molecule has 19 heavy (non-hydrogen) atoms. The predicted octanol–water partition coefficient (Wildman–Crippen LogP) is 1.32. The fraction of sp³-hybridized carbons (Fsp3) is 0.929. The molecular formula is C14H29N3O2. The van der Waals surface area contributed by atoms with Gasteiger partial charge in [0, 0.05) is 24.7 Å². The molecule has 0 bridgehead atoms. The number of piperidine rings is 1. The fourth-order valence-corrected chi connectivity index (χ4v) is 2.33. The van der Waals surface area contributed by atoms with E-state index in [1.165, 1.54) is 0 Å². The van der Waals surface area contributed by atoms with Crippen LogP contribution in [-0.4, -0.2) is 53.4 Å². The van der Waals surface area contributed by atoms with Crippen LogP contribution in [0.1, 0.15) is 47.0 Å². The van der Waals surface area contributed by atoms with Gasteiger partial charge in [-0.15, -0.1) is 0 Å². The van der Waals surface area contributed by atoms with Crippen LogP contribution >= 0.6 is 0 Å². The molecule has 3 N–H and O–H groups in total. The second-order valence-corrected chi connectivity index (χ2v) is 6.51. The summed E-state index contributed by atoms with van der Waals surface area (Å²) in [4.78, 5) is 14.1. The van der Waals surface area contributed by atoms with Gasteiger partial charge in [0.1, 0.15) is 0 Å². The number of hydrogen-bond donors (Lipinski definition) is 3. The van der Waals surface area contributed by atoms with Crippen molar-refractivity contribution in [3.8, 4) is 0 Å². The number of hydrogen-bond acceptors (Lipinski definition) is 3. The molecule has 1 fully saturated rings. The maximum atomic E-state index is 11.8. The number of aliphatic hydroxyl groups is 1. The van der Waals surface area contributed by atoms with E-state index in [-0.39, 0.29) is 23.7 Å². The minimum atomic E-state index is -0.262. The average Bonchev–Trinajstić information content (AvgIpc) is 2.26. The van der Waals surface area contributed by atoms with Gasteiger partial charge in [-0.25, -0.2) is 4.79 Å². The number of nitrogens with zero attached hydrogens (tertiary/aromatic N) is 1. The van der Waals surface area contributed by atoms with E-state index in [0.29, 0.717) is 6.54 Å². The zero-order chi connectivity index (χ0) is 14.5. The summed E-state index contributed by atoms with van der Waals surface area (Å²) in [6.45, 7) is 10.4. The first-order chi connectivity index (χ1) is 8.80. The fourth-order valence-electron chi connectivity index (χ4n) is 2.33. The Hall–Kier alpha value is -0.810. The van der Waals surface area contributed by atoms with Crippen LogP contribution in [-0.2, 0) is 0 Å². The highest BCUT2D eigenvalue weighted by Crippen LogP contribution is 2.11. The Morgan fingerprint density at radius 3 is 2.74 bits per heavy atom. The summed E-state index contributed by atoms with van der Waals surface area (Å²) < 4.78 is 0. The van der Waals surface area contributed by atoms with Gasteiger partial charge in [0.05, 0.1) is 6.10 Å². The molecule has 5 nitrogen and oxygen atoms in total. The third-order valence-corrected chi connectivity index (χ3v) is 3.27. The number of rotatable bonds is 4. The Labute approximate surface area is 116 Å². The minimum absolute atomic E-state index is 0.101. The molecule has 1 rings (SSSR count). The van der Waals surface area contributed by atoms with Gasteiger partial charge < -0.3 is 15.7 Å². The number of carbonyl (C=O) groups is 1. The normalized spacial score (nSPS) is 22.9. The minimum Gasteiger partial charge on any atom is -0.392 e. The van der Waals surface area contributed by atoms with Crippen molar-refractivity contribution in [1.29, 1.82) is 0 Å². The molecule has 0 aromatic rings. The number of urea groups is 1. The van der Waals surface area contributed by atoms with Gasteiger partial charge in [0.2, 0.25) is 0 Å². The molecule has 0 aromatic carbocycles. The standard InChI is InChI=1S/C14H29N3O2/c1-5-12(18)10-17-8-6-7-11(9-17)15-13(19)16-14(2,3)4/h11-12,18H,5-10H2,1-4H3,(H2,15,16,19)/t11-,12?/m1/s1. The van der Waals surface area contributed by atoms with Crippen molar-refractivity contribution in [2.75, 3.05) is 19.6 Å². The van der Waals surface area contributed by atoms with E-state index in [0.717, 1.165) is 32.4 Å². The molecule has 0 aromatic heterocycles. The van der Waals surface area contributed by atoms with Crippen molar-refractivity contribution in [2.24, 2.45) is 0 Å². The molecule has 1 heterocycles. The quantitative estimate of drug-likeness (QED) is 0.722. The van der Waals surface area contributed by atoms with E-state index in [9.17, 15) is 9.90 Å². The zero-order valence-electron chi connectivity index (χ0n) is 12.7. The molecule has 0 radical (unpaired) electrons. The Morgan fingerprint density at radius 2 is 2.16 bits per heavy atom. The first-order valence-corrected chi connectivity index (χ1v) is 7.29. The molecule has 5 heteroatoms. The van der Waals surface area contributed by atoms with Crippen LogP contribution in [0.25, 0.3) is 0 Å². The molecule has 0 spiro atoms. The topological polar surface area (TPSA) is 64.6 Å². The van der Waals surface area contributed by atoms with Gasteiger partial charge in [-0.2, -0.15) is 0 Å². The lowest BCUT2D eigenvalue weighted by atomic mass is 10.0. The van der Waals surface area contributed by atoms with Crippen molar-refractivity contribution < 1.29 is 9.90 Å². The van der Waals surface area contributed by atoms with E-state index in [1.807, 2.05) is 27.7 Å². The van der Waals surface area contributed by atoms with E-state index < -0.39 is 0 Å². The van der Waals surface area contributed by atoms with Crippen LogP contribution in [0.4, 0.5) is 4.79 Å². The summed E-state index contributed by atoms with van der Waals surface area (Å²) in [5.41, 5.74) is -0.211. The van der Waals surface area contributed by atoms with Gasteiger partial charge >= 0.3 is 6.03 Å². The van der Waals surface area contributed by atoms with Crippen molar-refractivity contribution in [3.05, 3.63) is 0 Å². The summed E-state index contributed by atoms with van der Waals surface area (Å²) in [6, 6.07) is 0.0792. The lowest BCUT2D eigenvalue weighted by Gasteiger charge is -2.34. The Balaban J connectivity index is 2.36. The number of likely N-dealkylation sites (tertiary alicyclic amines) is 1. The van der Waals surface area contributed by atoms with Gasteiger partial charge in [-0.05, 0) is 46.6 Å². The monoisotopic (exact) mass is 271 g/mol. The molecular weight excluding hydrogens is 242 g/mol. The Bertz CT molecular complexity index is 289. The Morgan fingerprint density at radius 1 is 1.47 bits per heavy atom. The van der Waals surface area contributed by atoms with Crippen LogP contribution in [0, 0.1) is 0 Å². The summed E-state index contributed by atoms with van der Waals surface area (Å²) in [7, 11) is 0. The SMILES string of the molecule is CCC(O)CN1CCC[C@@H](NC(=O)NC(C)(C)C)C1. The van der Waals surface area contributed by atoms with Crippen LogP contribution in [0.3, 0.4) is 0 Å². The number of nitrogens with one attached hydrogen (secondary N) is 2. The maximum Gasteiger partial charge on any atom is 0.315 e. The molecule has 1 saturated heterocycles. The van der Waals surface area contributed by atoms with Crippen LogP contribution < -0.4 is 10.6 Å². The van der Waals surface area contributed by atoms with Crippen LogP contribution in [0.15, 0.2) is 0 Å². The summed E-state index contributed by atoms with van der Waals surface area (Å²) >= 11 is 0. The second-order valence-electron chi connectivity index (χ2n) is 6.51. The average molecular weight is 271 g/mol. The van der Waals surface area contributed by atoms with Crippen LogP contribution in [0.5, 0.6) is 0 Å². The number of amides is 2. The molecule has 0 aliphatic carbocycles. The first-order valence-electron chi connectivity index (χ1n) is 7.29. The predicted molar refractivity (Wildman–Crippen MR) is 77.2 cm³/mol. The zero-order valence-corrected chi connectivity index (χ0v) is 12.7. The number of β-amino-alcohol motifs (C(OH)–C–C–N with tert-alkyl or cyclic N) is 1. The molecule has 1 aliphatic heterocycles. The third kappa shape index (κ3) is 6.78. The van der Waals surface area contributed by atoms with E-state index >= 15 is 0 Å². The van der Waals surface area contributed by atoms with Gasteiger partial charge in [-0.3, -0.25) is 4.90 Å². The van der Waals surface area contributed by atoms with E-state index in [4.69, 9.17) is 0 Å². The van der Waals surface area contributed by atoms with E-state index in [2.05, 4.69) is 15.5 Å². The van der Waals surface area contributed by atoms with Gasteiger partial charge in [0.15, 0.2) is 0 Å². The highest BCUT2D eigenvalue weighted by atomic mass is 16.3. The smallest absolute Gasteiger partial charge is 0.315 e. The number of aliphatic hydroxyl groups excluding tert-OH is 1. The summed E-state index contributed by atoms with van der Waals surface area (Å²) in [6.07, 6.45) is 2.59. The summed E-state index contributed by atoms with van der Waals surface area (Å²) in [5.74, 6) is 0. The molecule has 0 saturated carbocycles. The summed E-state index contributed by atoms with van der Waals surface area (Å²) in [5, 5.41) is 15.6. The van der Waals surface area contributed by atoms with Gasteiger partial charge in [0.25, 0.3) is 0 Å². The molecule has 112 valence electrons. The lowest BCUT2D eigenvalue weighted by molar-refractivity contribution is 0.0897. The molecule has 1 aliphatic rings. The van der Waals surface area contributed by atoms with Crippen molar-refractivity contribution in [1.82, 2.24) is 15.5 Å². The first kappa shape index (κ1) is 16.2. The molecule has 1 unspecified atom stereocenters. The lowest BCUT2D eigenvalue weighted by Crippen LogP contribution is -2.54. The van der Waals surface area contributed by atoms with Crippen molar-refractivity contribution >= 4 is 6.03 Å². The van der Waals surface area contributed by atoms with Crippen molar-refractivity contribution in [2.45, 2.75) is 64.6 Å². The largest absolute Gasteiger partial charge is 0.392 e.